The highest BCUT2D eigenvalue weighted by Gasteiger charge is 2.37. The number of benzene rings is 2. The van der Waals surface area contributed by atoms with Crippen LogP contribution in [0.2, 0.25) is 0 Å². The van der Waals surface area contributed by atoms with Crippen LogP contribution in [-0.2, 0) is 27.2 Å². The maximum Gasteiger partial charge on any atom is 0.329 e. The Morgan fingerprint density at radius 3 is 1.68 bits per heavy atom. The van der Waals surface area contributed by atoms with Crippen LogP contribution in [0.4, 0.5) is 0 Å². The summed E-state index contributed by atoms with van der Waals surface area (Å²) in [5, 5.41) is 99.9. The Labute approximate surface area is 334 Å². The first-order valence-corrected chi connectivity index (χ1v) is 19.6. The van der Waals surface area contributed by atoms with Crippen LogP contribution < -0.4 is 5.73 Å². The smallest absolute Gasteiger partial charge is 0.329 e. The van der Waals surface area contributed by atoms with Gasteiger partial charge >= 0.3 is 5.97 Å². The summed E-state index contributed by atoms with van der Waals surface area (Å²) in [5.41, 5.74) is 10.0. The van der Waals surface area contributed by atoms with Crippen LogP contribution in [-0.4, -0.2) is 205 Å². The lowest BCUT2D eigenvalue weighted by Crippen LogP contribution is -2.58. The molecule has 1 amide bonds. The first-order chi connectivity index (χ1) is 27.2. The Bertz CT molecular complexity index is 1430. The van der Waals surface area contributed by atoms with E-state index in [9.17, 15) is 50.4 Å². The van der Waals surface area contributed by atoms with E-state index in [1.807, 2.05) is 29.2 Å². The van der Waals surface area contributed by atoms with Gasteiger partial charge in [0.05, 0.1) is 32.5 Å². The highest BCUT2D eigenvalue weighted by atomic mass is 16.5. The Morgan fingerprint density at radius 1 is 0.719 bits per heavy atom. The van der Waals surface area contributed by atoms with Crippen LogP contribution in [0.15, 0.2) is 48.5 Å². The molecule has 9 atom stereocenters. The van der Waals surface area contributed by atoms with Crippen molar-refractivity contribution in [1.82, 2.24) is 14.7 Å². The third kappa shape index (κ3) is 14.9. The van der Waals surface area contributed by atoms with Crippen LogP contribution in [0.25, 0.3) is 11.1 Å². The third-order valence-corrected chi connectivity index (χ3v) is 10.5. The lowest BCUT2D eigenvalue weighted by molar-refractivity contribution is -0.156. The molecule has 0 unspecified atom stereocenters. The van der Waals surface area contributed by atoms with Crippen molar-refractivity contribution in [3.63, 3.8) is 0 Å². The number of aryl methyl sites for hydroxylation is 2. The average molecular weight is 809 g/mol. The summed E-state index contributed by atoms with van der Waals surface area (Å²) in [4.78, 5) is 31.3. The monoisotopic (exact) mass is 808 g/mol. The average Bonchev–Trinajstić information content (AvgIpc) is 3.23. The molecule has 1 aliphatic heterocycles. The van der Waals surface area contributed by atoms with Gasteiger partial charge in [-0.25, -0.2) is 4.79 Å². The Morgan fingerprint density at radius 2 is 1.21 bits per heavy atom. The first kappa shape index (κ1) is 48.2. The molecular weight excluding hydrogens is 744 g/mol. The van der Waals surface area contributed by atoms with E-state index in [1.54, 1.807) is 0 Å². The van der Waals surface area contributed by atoms with Crippen molar-refractivity contribution in [3.8, 4) is 11.1 Å². The molecule has 322 valence electrons. The molecule has 1 saturated heterocycles. The SMILES string of the molecule is COC(=O)[C@H]1CN(CCCN(C[C@H](O)[C@@H](O)[C@H](O)[C@H](O)CO)C[C@H](O)[C@@H](O)[C@H](O)[C@H](O)CO)CCN1C(=O)CCc1ccc(-c2ccc(CCCCN)cc2)cc1. The van der Waals surface area contributed by atoms with E-state index in [0.29, 0.717) is 32.5 Å². The molecule has 0 aromatic heterocycles. The second-order valence-corrected chi connectivity index (χ2v) is 14.8. The van der Waals surface area contributed by atoms with Crippen molar-refractivity contribution in [2.24, 2.45) is 5.73 Å². The molecule has 2 aromatic carbocycles. The zero-order chi connectivity index (χ0) is 42.1. The number of hydrogen-bond donors (Lipinski definition) is 11. The molecule has 17 nitrogen and oxygen atoms in total. The predicted molar refractivity (Wildman–Crippen MR) is 209 cm³/mol. The number of unbranched alkanes of at least 4 members (excludes halogenated alkanes) is 1. The number of carbonyl (C=O) groups is 2. The van der Waals surface area contributed by atoms with Gasteiger partial charge in [-0.2, -0.15) is 0 Å². The number of methoxy groups -OCH3 is 1. The summed E-state index contributed by atoms with van der Waals surface area (Å²) >= 11 is 0. The molecule has 3 rings (SSSR count). The summed E-state index contributed by atoms with van der Waals surface area (Å²) in [6, 6.07) is 15.7. The summed E-state index contributed by atoms with van der Waals surface area (Å²) < 4.78 is 5.05. The highest BCUT2D eigenvalue weighted by molar-refractivity contribution is 5.85. The van der Waals surface area contributed by atoms with Crippen LogP contribution in [0.5, 0.6) is 0 Å². The van der Waals surface area contributed by atoms with E-state index in [1.165, 1.54) is 22.5 Å². The third-order valence-electron chi connectivity index (χ3n) is 10.5. The van der Waals surface area contributed by atoms with Crippen molar-refractivity contribution in [3.05, 3.63) is 59.7 Å². The number of hydrogen-bond acceptors (Lipinski definition) is 16. The molecule has 0 spiro atoms. The van der Waals surface area contributed by atoms with E-state index in [2.05, 4.69) is 24.3 Å². The second kappa shape index (κ2) is 24.7. The Balaban J connectivity index is 1.58. The van der Waals surface area contributed by atoms with Gasteiger partial charge in [-0.05, 0) is 74.0 Å². The number of nitrogens with two attached hydrogens (primary N) is 1. The minimum Gasteiger partial charge on any atom is -0.467 e. The summed E-state index contributed by atoms with van der Waals surface area (Å²) in [5.74, 6) is -0.751. The van der Waals surface area contributed by atoms with Crippen molar-refractivity contribution in [1.29, 1.82) is 0 Å². The standard InChI is InChI=1S/C40H64N4O13/c1-57-40(56)30-21-42(17-4-18-43(22-31(47)36(52)38(54)33(49)24-45)23-32(48)37(53)39(55)34(50)25-46)19-20-44(30)35(51)15-10-27-8-13-29(14-9-27)28-11-6-26(7-12-28)5-2-3-16-41/h6-9,11-14,30-34,36-39,45-50,52-55H,2-5,10,15-25,41H2,1H3/t30-,31+,32+,33-,34-,36-,37-,38-,39-/m1/s1. The molecule has 57 heavy (non-hydrogen) atoms. The molecule has 1 heterocycles. The van der Waals surface area contributed by atoms with Crippen LogP contribution in [0.1, 0.15) is 36.8 Å². The number of aliphatic hydroxyl groups is 10. The van der Waals surface area contributed by atoms with Crippen LogP contribution >= 0.6 is 0 Å². The normalized spacial score (nSPS) is 19.4. The summed E-state index contributed by atoms with van der Waals surface area (Å²) in [6.45, 7) is -0.483. The van der Waals surface area contributed by atoms with E-state index < -0.39 is 87.1 Å². The van der Waals surface area contributed by atoms with Gasteiger partial charge in [0.2, 0.25) is 5.91 Å². The summed E-state index contributed by atoms with van der Waals surface area (Å²) in [7, 11) is 1.26. The van der Waals surface area contributed by atoms with Gasteiger partial charge in [0.15, 0.2) is 0 Å². The minimum absolute atomic E-state index is 0.117. The van der Waals surface area contributed by atoms with Gasteiger partial charge < -0.3 is 66.4 Å². The van der Waals surface area contributed by atoms with Crippen molar-refractivity contribution >= 4 is 11.9 Å². The van der Waals surface area contributed by atoms with Crippen LogP contribution in [0, 0.1) is 0 Å². The second-order valence-electron chi connectivity index (χ2n) is 14.8. The van der Waals surface area contributed by atoms with Crippen LogP contribution in [0.3, 0.4) is 0 Å². The molecule has 2 aromatic rings. The zero-order valence-corrected chi connectivity index (χ0v) is 32.7. The van der Waals surface area contributed by atoms with E-state index in [-0.39, 0.29) is 32.0 Å². The molecule has 0 bridgehead atoms. The number of esters is 1. The molecule has 1 fully saturated rings. The molecule has 17 heteroatoms. The number of nitrogens with zero attached hydrogens (tertiary/aromatic N) is 3. The minimum atomic E-state index is -1.90. The Kier molecular flexibility index (Phi) is 20.9. The van der Waals surface area contributed by atoms with Gasteiger partial charge in [-0.15, -0.1) is 0 Å². The maximum atomic E-state index is 13.5. The zero-order valence-electron chi connectivity index (χ0n) is 32.7. The fraction of sp³-hybridized carbons (Fsp3) is 0.650. The lowest BCUT2D eigenvalue weighted by atomic mass is 9.99. The largest absolute Gasteiger partial charge is 0.467 e. The molecule has 0 aliphatic carbocycles. The van der Waals surface area contributed by atoms with Crippen molar-refractivity contribution in [2.75, 3.05) is 72.7 Å². The number of aliphatic hydroxyl groups excluding tert-OH is 10. The fourth-order valence-electron chi connectivity index (χ4n) is 6.92. The van der Waals surface area contributed by atoms with Gasteiger partial charge in [-0.3, -0.25) is 14.6 Å². The van der Waals surface area contributed by atoms with E-state index in [4.69, 9.17) is 20.7 Å². The Hall–Kier alpha value is -3.14. The first-order valence-electron chi connectivity index (χ1n) is 19.6. The summed E-state index contributed by atoms with van der Waals surface area (Å²) in [6.07, 6.45) is -10.4. The van der Waals surface area contributed by atoms with E-state index in [0.717, 1.165) is 36.0 Å². The number of amides is 1. The number of carbonyl (C=O) groups excluding carboxylic acids is 2. The molecule has 12 N–H and O–H groups in total. The predicted octanol–water partition coefficient (Wildman–Crippen LogP) is -3.18. The number of ether oxygens (including phenoxy) is 1. The molecule has 1 aliphatic rings. The molecular formula is C40H64N4O13. The fourth-order valence-corrected chi connectivity index (χ4v) is 6.92. The highest BCUT2D eigenvalue weighted by Crippen LogP contribution is 2.22. The van der Waals surface area contributed by atoms with E-state index >= 15 is 0 Å². The number of piperazine rings is 1. The van der Waals surface area contributed by atoms with Gasteiger partial charge in [-0.1, -0.05) is 48.5 Å². The van der Waals surface area contributed by atoms with Crippen molar-refractivity contribution in [2.45, 2.75) is 93.4 Å². The van der Waals surface area contributed by atoms with Gasteiger partial charge in [0.25, 0.3) is 0 Å². The molecule has 0 radical (unpaired) electrons. The van der Waals surface area contributed by atoms with Crippen molar-refractivity contribution < 1.29 is 65.4 Å². The topological polar surface area (TPSA) is 281 Å². The maximum absolute atomic E-state index is 13.5. The lowest BCUT2D eigenvalue weighted by Gasteiger charge is -2.40. The van der Waals surface area contributed by atoms with Gasteiger partial charge in [0.1, 0.15) is 42.7 Å². The molecule has 0 saturated carbocycles. The number of rotatable bonds is 25. The van der Waals surface area contributed by atoms with Gasteiger partial charge in [0, 0.05) is 39.1 Å². The quantitative estimate of drug-likeness (QED) is 0.0349.